The van der Waals surface area contributed by atoms with Crippen molar-refractivity contribution in [3.63, 3.8) is 0 Å². The van der Waals surface area contributed by atoms with E-state index in [1.807, 2.05) is 0 Å². The van der Waals surface area contributed by atoms with Gasteiger partial charge in [0.25, 0.3) is 11.8 Å². The second kappa shape index (κ2) is 4.15. The lowest BCUT2D eigenvalue weighted by Gasteiger charge is -1.99. The molecule has 5 N–H and O–H groups in total. The number of nitrogens with two attached hydrogens (primary N) is 2. The molecule has 1 aromatic rings. The number of phenols is 1. The zero-order valence-electron chi connectivity index (χ0n) is 7.65. The summed E-state index contributed by atoms with van der Waals surface area (Å²) in [5, 5.41) is 9.24. The van der Waals surface area contributed by atoms with Gasteiger partial charge in [0.05, 0.1) is 5.56 Å². The van der Waals surface area contributed by atoms with Crippen LogP contribution in [0.25, 0.3) is 0 Å². The molecule has 0 saturated heterocycles. The summed E-state index contributed by atoms with van der Waals surface area (Å²) in [6.07, 6.45) is 0. The number of primary amides is 2. The number of aromatic hydroxyl groups is 1. The maximum Gasteiger partial charge on any atom is 0.293 e. The summed E-state index contributed by atoms with van der Waals surface area (Å²) < 4.78 is 0. The summed E-state index contributed by atoms with van der Waals surface area (Å²) in [5.74, 6) is 2.75. The van der Waals surface area contributed by atoms with E-state index in [-0.39, 0.29) is 11.3 Å². The Hall–Kier alpha value is -2.48. The molecule has 5 nitrogen and oxygen atoms in total. The van der Waals surface area contributed by atoms with Crippen molar-refractivity contribution in [3.8, 4) is 17.6 Å². The first-order valence-electron chi connectivity index (χ1n) is 3.95. The van der Waals surface area contributed by atoms with Gasteiger partial charge in [0.2, 0.25) is 0 Å². The van der Waals surface area contributed by atoms with Crippen molar-refractivity contribution in [2.75, 3.05) is 0 Å². The average Bonchev–Trinajstić information content (AvgIpc) is 2.16. The summed E-state index contributed by atoms with van der Waals surface area (Å²) in [5.41, 5.74) is 10.1. The van der Waals surface area contributed by atoms with Crippen LogP contribution in [0.2, 0.25) is 0 Å². The lowest BCUT2D eigenvalue weighted by molar-refractivity contribution is -0.112. The van der Waals surface area contributed by atoms with Gasteiger partial charge in [-0.05, 0) is 24.1 Å². The molecule has 15 heavy (non-hydrogen) atoms. The molecule has 0 spiro atoms. The topological polar surface area (TPSA) is 106 Å². The second-order valence-electron chi connectivity index (χ2n) is 2.71. The minimum atomic E-state index is -0.774. The highest BCUT2D eigenvalue weighted by atomic mass is 16.3. The molecule has 2 amide bonds. The fourth-order valence-corrected chi connectivity index (χ4v) is 0.945. The summed E-state index contributed by atoms with van der Waals surface area (Å²) in [6, 6.07) is 4.00. The number of carbonyl (C=O) groups excluding carboxylic acids is 2. The van der Waals surface area contributed by atoms with Crippen molar-refractivity contribution in [2.45, 2.75) is 0 Å². The summed E-state index contributed by atoms with van der Waals surface area (Å²) >= 11 is 0. The zero-order chi connectivity index (χ0) is 11.4. The molecular formula is C10H8N2O3. The minimum absolute atomic E-state index is 0.0497. The number of amides is 2. The first kappa shape index (κ1) is 10.6. The first-order valence-corrected chi connectivity index (χ1v) is 3.95. The average molecular weight is 204 g/mol. The maximum atomic E-state index is 10.8. The molecule has 0 saturated carbocycles. The number of benzene rings is 1. The van der Waals surface area contributed by atoms with Crippen molar-refractivity contribution in [2.24, 2.45) is 11.5 Å². The molecule has 1 aromatic carbocycles. The van der Waals surface area contributed by atoms with E-state index in [1.54, 1.807) is 0 Å². The van der Waals surface area contributed by atoms with Crippen LogP contribution in [0.15, 0.2) is 18.2 Å². The van der Waals surface area contributed by atoms with E-state index in [1.165, 1.54) is 18.2 Å². The third kappa shape index (κ3) is 2.74. The number of carbonyl (C=O) groups is 2. The normalized spacial score (nSPS) is 8.80. The van der Waals surface area contributed by atoms with Crippen molar-refractivity contribution in [3.05, 3.63) is 29.3 Å². The van der Waals surface area contributed by atoms with Gasteiger partial charge in [-0.25, -0.2) is 0 Å². The molecule has 0 unspecified atom stereocenters. The Morgan fingerprint density at radius 3 is 2.47 bits per heavy atom. The van der Waals surface area contributed by atoms with Gasteiger partial charge in [-0.1, -0.05) is 5.92 Å². The molecule has 0 aliphatic rings. The van der Waals surface area contributed by atoms with Crippen molar-refractivity contribution in [1.29, 1.82) is 0 Å². The summed E-state index contributed by atoms with van der Waals surface area (Å²) in [6.45, 7) is 0. The Balaban J connectivity index is 3.15. The molecule has 0 atom stereocenters. The summed E-state index contributed by atoms with van der Waals surface area (Å²) in [4.78, 5) is 21.2. The highest BCUT2D eigenvalue weighted by Crippen LogP contribution is 2.17. The molecule has 0 bridgehead atoms. The Morgan fingerprint density at radius 2 is 1.93 bits per heavy atom. The largest absolute Gasteiger partial charge is 0.507 e. The van der Waals surface area contributed by atoms with Gasteiger partial charge in [-0.2, -0.15) is 0 Å². The Bertz CT molecular complexity index is 483. The molecule has 0 aliphatic heterocycles. The van der Waals surface area contributed by atoms with E-state index in [2.05, 4.69) is 11.8 Å². The molecule has 76 valence electrons. The van der Waals surface area contributed by atoms with Gasteiger partial charge < -0.3 is 16.6 Å². The quantitative estimate of drug-likeness (QED) is 0.528. The fraction of sp³-hybridized carbons (Fsp3) is 0. The lowest BCUT2D eigenvalue weighted by atomic mass is 10.1. The van der Waals surface area contributed by atoms with Crippen LogP contribution in [-0.4, -0.2) is 16.9 Å². The predicted octanol–water partition coefficient (Wildman–Crippen LogP) is -0.672. The van der Waals surface area contributed by atoms with Crippen LogP contribution in [0.4, 0.5) is 0 Å². The van der Waals surface area contributed by atoms with Crippen LogP contribution in [0.1, 0.15) is 15.9 Å². The summed E-state index contributed by atoms with van der Waals surface area (Å²) in [7, 11) is 0. The number of rotatable bonds is 1. The number of hydrogen-bond acceptors (Lipinski definition) is 3. The van der Waals surface area contributed by atoms with E-state index >= 15 is 0 Å². The molecule has 0 fully saturated rings. The zero-order valence-corrected chi connectivity index (χ0v) is 7.65. The van der Waals surface area contributed by atoms with Crippen molar-refractivity contribution in [1.82, 2.24) is 0 Å². The minimum Gasteiger partial charge on any atom is -0.507 e. The van der Waals surface area contributed by atoms with Crippen LogP contribution in [0, 0.1) is 11.8 Å². The molecule has 0 aromatic heterocycles. The van der Waals surface area contributed by atoms with Crippen molar-refractivity contribution < 1.29 is 14.7 Å². The SMILES string of the molecule is NC(=O)C#Cc1ccc(O)c(C(N)=O)c1. The third-order valence-corrected chi connectivity index (χ3v) is 1.59. The van der Waals surface area contributed by atoms with Gasteiger partial charge in [-0.3, -0.25) is 9.59 Å². The van der Waals surface area contributed by atoms with E-state index in [9.17, 15) is 14.7 Å². The highest BCUT2D eigenvalue weighted by molar-refractivity contribution is 5.96. The van der Waals surface area contributed by atoms with Crippen LogP contribution >= 0.6 is 0 Å². The fourth-order valence-electron chi connectivity index (χ4n) is 0.945. The first-order chi connectivity index (χ1) is 7.00. The number of hydrogen-bond donors (Lipinski definition) is 3. The van der Waals surface area contributed by atoms with Crippen LogP contribution in [0.3, 0.4) is 0 Å². The van der Waals surface area contributed by atoms with E-state index in [4.69, 9.17) is 11.5 Å². The molecule has 1 rings (SSSR count). The highest BCUT2D eigenvalue weighted by Gasteiger charge is 2.06. The maximum absolute atomic E-state index is 10.8. The van der Waals surface area contributed by atoms with Gasteiger partial charge in [-0.15, -0.1) is 0 Å². The third-order valence-electron chi connectivity index (χ3n) is 1.59. The van der Waals surface area contributed by atoms with Gasteiger partial charge in [0.1, 0.15) is 5.75 Å². The Kier molecular flexibility index (Phi) is 2.94. The monoisotopic (exact) mass is 204 g/mol. The molecule has 5 heteroatoms. The lowest BCUT2D eigenvalue weighted by Crippen LogP contribution is -2.11. The smallest absolute Gasteiger partial charge is 0.293 e. The van der Waals surface area contributed by atoms with E-state index in [0.29, 0.717) is 5.56 Å². The van der Waals surface area contributed by atoms with Crippen LogP contribution in [-0.2, 0) is 4.79 Å². The Labute approximate surface area is 85.7 Å². The second-order valence-corrected chi connectivity index (χ2v) is 2.71. The van der Waals surface area contributed by atoms with E-state index in [0.717, 1.165) is 0 Å². The Morgan fingerprint density at radius 1 is 1.27 bits per heavy atom. The van der Waals surface area contributed by atoms with Crippen LogP contribution < -0.4 is 11.5 Å². The van der Waals surface area contributed by atoms with E-state index < -0.39 is 11.8 Å². The molecular weight excluding hydrogens is 196 g/mol. The standard InChI is InChI=1S/C10H8N2O3/c11-9(14)4-2-6-1-3-8(13)7(5-6)10(12)15/h1,3,5,13H,(H2,11,14)(H2,12,15). The van der Waals surface area contributed by atoms with Crippen molar-refractivity contribution >= 4 is 11.8 Å². The molecule has 0 aliphatic carbocycles. The van der Waals surface area contributed by atoms with Gasteiger partial charge in [0, 0.05) is 5.56 Å². The van der Waals surface area contributed by atoms with Crippen LogP contribution in [0.5, 0.6) is 5.75 Å². The predicted molar refractivity (Wildman–Crippen MR) is 52.7 cm³/mol. The molecule has 0 radical (unpaired) electrons. The van der Waals surface area contributed by atoms with Gasteiger partial charge >= 0.3 is 0 Å². The van der Waals surface area contributed by atoms with Gasteiger partial charge in [0.15, 0.2) is 0 Å². The molecule has 0 heterocycles.